The molecule has 1 atom stereocenters. The third-order valence-corrected chi connectivity index (χ3v) is 5.25. The Morgan fingerprint density at radius 2 is 2.08 bits per heavy atom. The molecule has 5 nitrogen and oxygen atoms in total. The topological polar surface area (TPSA) is 43.1 Å². The van der Waals surface area contributed by atoms with Gasteiger partial charge in [-0.3, -0.25) is 9.48 Å². The van der Waals surface area contributed by atoms with Crippen molar-refractivity contribution in [2.45, 2.75) is 25.2 Å². The van der Waals surface area contributed by atoms with E-state index in [4.69, 9.17) is 0 Å². The van der Waals surface area contributed by atoms with Crippen LogP contribution in [-0.4, -0.2) is 38.2 Å². The standard InChI is InChI=1S/C20H24N4O/c1-22-13-16(17-7-3-4-8-19(17)22)12-20(25)24-10-5-6-15(14-24)18-9-11-23(2)21-18/h3-4,7-9,11,13,15H,5-6,10,12,14H2,1-2H3. The van der Waals surface area contributed by atoms with Gasteiger partial charge in [0.2, 0.25) is 5.91 Å². The molecule has 130 valence electrons. The lowest BCUT2D eigenvalue weighted by molar-refractivity contribution is -0.131. The fourth-order valence-electron chi connectivity index (χ4n) is 3.94. The minimum Gasteiger partial charge on any atom is -0.350 e. The Bertz CT molecular complexity index is 907. The van der Waals surface area contributed by atoms with Crippen LogP contribution in [0.15, 0.2) is 42.7 Å². The molecule has 0 saturated carbocycles. The van der Waals surface area contributed by atoms with E-state index in [1.807, 2.05) is 42.0 Å². The summed E-state index contributed by atoms with van der Waals surface area (Å²) in [5.74, 6) is 0.573. The molecule has 0 N–H and O–H groups in total. The number of piperidine rings is 1. The highest BCUT2D eigenvalue weighted by molar-refractivity contribution is 5.89. The molecule has 3 aromatic rings. The van der Waals surface area contributed by atoms with Gasteiger partial charge in [-0.2, -0.15) is 5.10 Å². The molecular weight excluding hydrogens is 312 g/mol. The summed E-state index contributed by atoms with van der Waals surface area (Å²) in [6.45, 7) is 1.63. The van der Waals surface area contributed by atoms with Crippen LogP contribution in [0.3, 0.4) is 0 Å². The molecule has 1 aliphatic rings. The van der Waals surface area contributed by atoms with E-state index in [0.29, 0.717) is 12.3 Å². The zero-order chi connectivity index (χ0) is 17.4. The van der Waals surface area contributed by atoms with E-state index in [-0.39, 0.29) is 5.91 Å². The van der Waals surface area contributed by atoms with Gasteiger partial charge in [0.25, 0.3) is 0 Å². The molecule has 1 amide bonds. The van der Waals surface area contributed by atoms with E-state index >= 15 is 0 Å². The molecule has 0 aliphatic carbocycles. The summed E-state index contributed by atoms with van der Waals surface area (Å²) in [7, 11) is 3.98. The lowest BCUT2D eigenvalue weighted by Crippen LogP contribution is -2.40. The maximum atomic E-state index is 12.9. The number of aryl methyl sites for hydroxylation is 2. The van der Waals surface area contributed by atoms with E-state index in [1.54, 1.807) is 0 Å². The maximum Gasteiger partial charge on any atom is 0.227 e. The van der Waals surface area contributed by atoms with E-state index in [2.05, 4.69) is 34.1 Å². The molecule has 5 heteroatoms. The average molecular weight is 336 g/mol. The first-order valence-electron chi connectivity index (χ1n) is 8.92. The summed E-state index contributed by atoms with van der Waals surface area (Å²) in [4.78, 5) is 14.9. The van der Waals surface area contributed by atoms with Crippen molar-refractivity contribution in [1.29, 1.82) is 0 Å². The number of amides is 1. The lowest BCUT2D eigenvalue weighted by atomic mass is 9.94. The van der Waals surface area contributed by atoms with Crippen LogP contribution >= 0.6 is 0 Å². The summed E-state index contributed by atoms with van der Waals surface area (Å²) < 4.78 is 3.94. The maximum absolute atomic E-state index is 12.9. The molecule has 1 unspecified atom stereocenters. The number of hydrogen-bond donors (Lipinski definition) is 0. The fourth-order valence-corrected chi connectivity index (χ4v) is 3.94. The predicted molar refractivity (Wildman–Crippen MR) is 98.4 cm³/mol. The Kier molecular flexibility index (Phi) is 4.07. The van der Waals surface area contributed by atoms with Crippen molar-refractivity contribution in [2.24, 2.45) is 14.1 Å². The summed E-state index contributed by atoms with van der Waals surface area (Å²) in [6, 6.07) is 10.3. The van der Waals surface area contributed by atoms with Crippen LogP contribution < -0.4 is 0 Å². The molecule has 0 bridgehead atoms. The summed E-state index contributed by atoms with van der Waals surface area (Å²) in [5, 5.41) is 5.71. The Morgan fingerprint density at radius 1 is 1.24 bits per heavy atom. The highest BCUT2D eigenvalue weighted by atomic mass is 16.2. The second kappa shape index (κ2) is 6.39. The van der Waals surface area contributed by atoms with Crippen LogP contribution in [0.5, 0.6) is 0 Å². The average Bonchev–Trinajstić information content (AvgIpc) is 3.20. The van der Waals surface area contributed by atoms with Crippen LogP contribution in [-0.2, 0) is 25.3 Å². The van der Waals surface area contributed by atoms with Gasteiger partial charge in [0.05, 0.1) is 12.1 Å². The van der Waals surface area contributed by atoms with Crippen LogP contribution in [0, 0.1) is 0 Å². The quantitative estimate of drug-likeness (QED) is 0.738. The third-order valence-electron chi connectivity index (χ3n) is 5.25. The number of para-hydroxylation sites is 1. The number of aromatic nitrogens is 3. The Morgan fingerprint density at radius 3 is 2.88 bits per heavy atom. The highest BCUT2D eigenvalue weighted by Crippen LogP contribution is 2.27. The van der Waals surface area contributed by atoms with Gasteiger partial charge < -0.3 is 9.47 Å². The summed E-state index contributed by atoms with van der Waals surface area (Å²) >= 11 is 0. The zero-order valence-electron chi connectivity index (χ0n) is 14.9. The Hall–Kier alpha value is -2.56. The molecule has 3 heterocycles. The van der Waals surface area contributed by atoms with E-state index in [9.17, 15) is 4.79 Å². The van der Waals surface area contributed by atoms with Crippen LogP contribution in [0.25, 0.3) is 10.9 Å². The van der Waals surface area contributed by atoms with Gasteiger partial charge in [-0.25, -0.2) is 0 Å². The normalized spacial score (nSPS) is 18.0. The first-order valence-corrected chi connectivity index (χ1v) is 8.92. The van der Waals surface area contributed by atoms with Crippen LogP contribution in [0.4, 0.5) is 0 Å². The highest BCUT2D eigenvalue weighted by Gasteiger charge is 2.26. The number of rotatable bonds is 3. The van der Waals surface area contributed by atoms with Crippen LogP contribution in [0.2, 0.25) is 0 Å². The van der Waals surface area contributed by atoms with Gasteiger partial charge in [-0.05, 0) is 30.5 Å². The van der Waals surface area contributed by atoms with Crippen molar-refractivity contribution in [3.8, 4) is 0 Å². The monoisotopic (exact) mass is 336 g/mol. The van der Waals surface area contributed by atoms with Crippen molar-refractivity contribution in [2.75, 3.05) is 13.1 Å². The first-order chi connectivity index (χ1) is 12.1. The second-order valence-corrected chi connectivity index (χ2v) is 7.05. The number of carbonyl (C=O) groups excluding carboxylic acids is 1. The van der Waals surface area contributed by atoms with Gasteiger partial charge in [0.15, 0.2) is 0 Å². The second-order valence-electron chi connectivity index (χ2n) is 7.05. The zero-order valence-corrected chi connectivity index (χ0v) is 14.9. The van der Waals surface area contributed by atoms with Crippen LogP contribution in [0.1, 0.15) is 30.0 Å². The van der Waals surface area contributed by atoms with Gasteiger partial charge in [0.1, 0.15) is 0 Å². The Labute approximate surface area is 147 Å². The van der Waals surface area contributed by atoms with E-state index in [0.717, 1.165) is 37.2 Å². The largest absolute Gasteiger partial charge is 0.350 e. The molecular formula is C20H24N4O. The molecule has 2 aromatic heterocycles. The van der Waals surface area contributed by atoms with Gasteiger partial charge in [-0.15, -0.1) is 0 Å². The van der Waals surface area contributed by atoms with Crippen molar-refractivity contribution in [3.05, 3.63) is 54.0 Å². The molecule has 0 radical (unpaired) electrons. The number of hydrogen-bond acceptors (Lipinski definition) is 2. The number of carbonyl (C=O) groups is 1. The summed E-state index contributed by atoms with van der Waals surface area (Å²) in [5.41, 5.74) is 3.39. The Balaban J connectivity index is 1.50. The van der Waals surface area contributed by atoms with Crippen molar-refractivity contribution in [1.82, 2.24) is 19.2 Å². The van der Waals surface area contributed by atoms with Gasteiger partial charge in [-0.1, -0.05) is 18.2 Å². The molecule has 1 aliphatic heterocycles. The molecule has 0 spiro atoms. The predicted octanol–water partition coefficient (Wildman–Crippen LogP) is 2.86. The van der Waals surface area contributed by atoms with Crippen molar-refractivity contribution < 1.29 is 4.79 Å². The first kappa shape index (κ1) is 15.9. The smallest absolute Gasteiger partial charge is 0.227 e. The van der Waals surface area contributed by atoms with Crippen molar-refractivity contribution >= 4 is 16.8 Å². The number of nitrogens with zero attached hydrogens (tertiary/aromatic N) is 4. The van der Waals surface area contributed by atoms with Gasteiger partial charge in [0, 0.05) is 56.4 Å². The van der Waals surface area contributed by atoms with E-state index < -0.39 is 0 Å². The molecule has 1 saturated heterocycles. The molecule has 4 rings (SSSR count). The van der Waals surface area contributed by atoms with E-state index in [1.165, 1.54) is 10.9 Å². The minimum absolute atomic E-state index is 0.219. The molecule has 1 fully saturated rings. The minimum atomic E-state index is 0.219. The fraction of sp³-hybridized carbons (Fsp3) is 0.400. The SMILES string of the molecule is Cn1ccc(C2CCCN(C(=O)Cc3cn(C)c4ccccc34)C2)n1. The molecule has 1 aromatic carbocycles. The van der Waals surface area contributed by atoms with Gasteiger partial charge >= 0.3 is 0 Å². The molecule has 25 heavy (non-hydrogen) atoms. The lowest BCUT2D eigenvalue weighted by Gasteiger charge is -2.32. The van der Waals surface area contributed by atoms with Crippen molar-refractivity contribution in [3.63, 3.8) is 0 Å². The summed E-state index contributed by atoms with van der Waals surface area (Å²) in [6.07, 6.45) is 6.68. The number of likely N-dealkylation sites (tertiary alicyclic amines) is 1. The third kappa shape index (κ3) is 3.06. The number of fused-ring (bicyclic) bond motifs is 1. The number of benzene rings is 1.